The topological polar surface area (TPSA) is 93.5 Å². The molecule has 1 fully saturated rings. The lowest BCUT2D eigenvalue weighted by Crippen LogP contribution is -2.40. The second-order valence-electron chi connectivity index (χ2n) is 6.68. The number of amides is 1. The van der Waals surface area contributed by atoms with Crippen LogP contribution in [0.3, 0.4) is 0 Å². The van der Waals surface area contributed by atoms with Gasteiger partial charge in [-0.15, -0.1) is 0 Å². The monoisotopic (exact) mass is 426 g/mol. The van der Waals surface area contributed by atoms with E-state index in [-0.39, 0.29) is 17.3 Å². The number of carbonyl (C=O) groups is 1. The van der Waals surface area contributed by atoms with Crippen LogP contribution >= 0.6 is 11.6 Å². The van der Waals surface area contributed by atoms with Crippen molar-refractivity contribution in [3.05, 3.63) is 40.2 Å². The number of nitrogens with zero attached hydrogens (tertiary/aromatic N) is 3. The number of nitrogens with one attached hydrogen (secondary N) is 1. The van der Waals surface area contributed by atoms with Gasteiger partial charge in [0, 0.05) is 18.8 Å². The molecule has 1 amide bonds. The van der Waals surface area contributed by atoms with Gasteiger partial charge in [0.25, 0.3) is 0 Å². The van der Waals surface area contributed by atoms with Gasteiger partial charge in [-0.3, -0.25) is 9.48 Å². The van der Waals surface area contributed by atoms with E-state index in [1.807, 2.05) is 0 Å². The largest absolute Gasteiger partial charge is 0.379 e. The fraction of sp³-hybridized carbons (Fsp3) is 0.444. The first kappa shape index (κ1) is 20.8. The summed E-state index contributed by atoms with van der Waals surface area (Å²) in [6.07, 6.45) is 0. The zero-order chi connectivity index (χ0) is 20.5. The molecule has 1 N–H and O–H groups in total. The van der Waals surface area contributed by atoms with Gasteiger partial charge in [0.1, 0.15) is 6.54 Å². The molecule has 0 spiro atoms. The minimum absolute atomic E-state index is 0.0146. The number of hydrogen-bond acceptors (Lipinski definition) is 5. The van der Waals surface area contributed by atoms with Crippen molar-refractivity contribution < 1.29 is 17.9 Å². The summed E-state index contributed by atoms with van der Waals surface area (Å²) < 4.78 is 33.8. The molecule has 0 atom stereocenters. The molecule has 0 aliphatic carbocycles. The number of morpholine rings is 1. The summed E-state index contributed by atoms with van der Waals surface area (Å²) in [4.78, 5) is 12.6. The van der Waals surface area contributed by atoms with E-state index < -0.39 is 10.0 Å². The van der Waals surface area contributed by atoms with Crippen LogP contribution in [-0.2, 0) is 26.1 Å². The van der Waals surface area contributed by atoms with Crippen molar-refractivity contribution in [3.63, 3.8) is 0 Å². The van der Waals surface area contributed by atoms with E-state index in [1.165, 1.54) is 15.1 Å². The highest BCUT2D eigenvalue weighted by atomic mass is 35.5. The normalized spacial score (nSPS) is 15.6. The third-order valence-electron chi connectivity index (χ3n) is 4.68. The molecule has 0 bridgehead atoms. The smallest absolute Gasteiger partial charge is 0.246 e. The summed E-state index contributed by atoms with van der Waals surface area (Å²) in [6.45, 7) is 6.73. The molecule has 1 aromatic carbocycles. The van der Waals surface area contributed by atoms with Crippen molar-refractivity contribution >= 4 is 33.2 Å². The number of rotatable bonds is 5. The number of aromatic nitrogens is 2. The van der Waals surface area contributed by atoms with Crippen LogP contribution in [0.25, 0.3) is 0 Å². The highest BCUT2D eigenvalue weighted by Crippen LogP contribution is 2.24. The van der Waals surface area contributed by atoms with Crippen LogP contribution in [0.15, 0.2) is 23.1 Å². The standard InChI is InChI=1S/C18H23ClN4O4S/c1-12-4-5-15(28(25,26)22-6-8-27-9-7-22)10-16(12)20-17(24)11-23-14(3)18(19)13(2)21-23/h4-5,10H,6-9,11H2,1-3H3,(H,20,24). The third-order valence-corrected chi connectivity index (χ3v) is 7.12. The van der Waals surface area contributed by atoms with Crippen LogP contribution in [0, 0.1) is 20.8 Å². The number of carbonyl (C=O) groups excluding carboxylic acids is 1. The number of anilines is 1. The van der Waals surface area contributed by atoms with Gasteiger partial charge >= 0.3 is 0 Å². The third kappa shape index (κ3) is 4.22. The van der Waals surface area contributed by atoms with Crippen LogP contribution in [0.2, 0.25) is 5.02 Å². The van der Waals surface area contributed by atoms with Gasteiger partial charge in [0.2, 0.25) is 15.9 Å². The molecule has 0 radical (unpaired) electrons. The lowest BCUT2D eigenvalue weighted by atomic mass is 10.2. The van der Waals surface area contributed by atoms with Crippen LogP contribution in [0.5, 0.6) is 0 Å². The summed E-state index contributed by atoms with van der Waals surface area (Å²) in [7, 11) is -3.64. The van der Waals surface area contributed by atoms with E-state index in [1.54, 1.807) is 32.9 Å². The van der Waals surface area contributed by atoms with E-state index in [0.717, 1.165) is 5.56 Å². The molecule has 3 rings (SSSR count). The van der Waals surface area contributed by atoms with Crippen LogP contribution in [0.1, 0.15) is 17.0 Å². The van der Waals surface area contributed by atoms with E-state index in [9.17, 15) is 13.2 Å². The van der Waals surface area contributed by atoms with Crippen LogP contribution in [0.4, 0.5) is 5.69 Å². The molecule has 2 aromatic rings. The molecule has 1 aromatic heterocycles. The Morgan fingerprint density at radius 1 is 1.25 bits per heavy atom. The maximum atomic E-state index is 12.8. The SMILES string of the molecule is Cc1ccc(S(=O)(=O)N2CCOCC2)cc1NC(=O)Cn1nc(C)c(Cl)c1C. The molecule has 152 valence electrons. The van der Waals surface area contributed by atoms with E-state index in [0.29, 0.717) is 48.4 Å². The van der Waals surface area contributed by atoms with Crippen LogP contribution in [-0.4, -0.2) is 54.7 Å². The number of benzene rings is 1. The number of halogens is 1. The predicted octanol–water partition coefficient (Wildman–Crippen LogP) is 2.12. The highest BCUT2D eigenvalue weighted by Gasteiger charge is 2.27. The molecule has 0 saturated carbocycles. The second kappa shape index (κ2) is 8.20. The fourth-order valence-corrected chi connectivity index (χ4v) is 4.56. The summed E-state index contributed by atoms with van der Waals surface area (Å²) in [5.74, 6) is -0.314. The molecule has 8 nitrogen and oxygen atoms in total. The lowest BCUT2D eigenvalue weighted by molar-refractivity contribution is -0.116. The van der Waals surface area contributed by atoms with Crippen molar-refractivity contribution in [2.24, 2.45) is 0 Å². The molecule has 28 heavy (non-hydrogen) atoms. The zero-order valence-electron chi connectivity index (χ0n) is 16.0. The van der Waals surface area contributed by atoms with Gasteiger partial charge in [-0.2, -0.15) is 9.40 Å². The van der Waals surface area contributed by atoms with Gasteiger partial charge < -0.3 is 10.1 Å². The van der Waals surface area contributed by atoms with E-state index in [4.69, 9.17) is 16.3 Å². The van der Waals surface area contributed by atoms with Gasteiger partial charge in [0.05, 0.1) is 34.5 Å². The van der Waals surface area contributed by atoms with Crippen molar-refractivity contribution in [2.75, 3.05) is 31.6 Å². The number of ether oxygens (including phenoxy) is 1. The number of hydrogen-bond donors (Lipinski definition) is 1. The Kier molecular flexibility index (Phi) is 6.09. The van der Waals surface area contributed by atoms with Gasteiger partial charge in [-0.05, 0) is 38.5 Å². The Morgan fingerprint density at radius 3 is 2.54 bits per heavy atom. The van der Waals surface area contributed by atoms with E-state index >= 15 is 0 Å². The average molecular weight is 427 g/mol. The van der Waals surface area contributed by atoms with Crippen molar-refractivity contribution in [3.8, 4) is 0 Å². The Morgan fingerprint density at radius 2 is 1.93 bits per heavy atom. The van der Waals surface area contributed by atoms with Gasteiger partial charge in [0.15, 0.2) is 0 Å². The molecule has 0 unspecified atom stereocenters. The molecular formula is C18H23ClN4O4S. The maximum absolute atomic E-state index is 12.8. The molecule has 10 heteroatoms. The van der Waals surface area contributed by atoms with Crippen molar-refractivity contribution in [2.45, 2.75) is 32.2 Å². The van der Waals surface area contributed by atoms with E-state index in [2.05, 4.69) is 10.4 Å². The maximum Gasteiger partial charge on any atom is 0.246 e. The zero-order valence-corrected chi connectivity index (χ0v) is 17.6. The fourth-order valence-electron chi connectivity index (χ4n) is 2.99. The first-order chi connectivity index (χ1) is 13.2. The first-order valence-corrected chi connectivity index (χ1v) is 10.7. The molecule has 1 aliphatic heterocycles. The molecular weight excluding hydrogens is 404 g/mol. The Labute approximate surface area is 169 Å². The minimum atomic E-state index is -3.64. The quantitative estimate of drug-likeness (QED) is 0.790. The Balaban J connectivity index is 1.79. The highest BCUT2D eigenvalue weighted by molar-refractivity contribution is 7.89. The summed E-state index contributed by atoms with van der Waals surface area (Å²) in [5, 5.41) is 7.55. The Hall–Kier alpha value is -1.94. The lowest BCUT2D eigenvalue weighted by Gasteiger charge is -2.26. The predicted molar refractivity (Wildman–Crippen MR) is 106 cm³/mol. The van der Waals surface area contributed by atoms with Crippen LogP contribution < -0.4 is 5.32 Å². The van der Waals surface area contributed by atoms with Crippen molar-refractivity contribution in [1.82, 2.24) is 14.1 Å². The summed E-state index contributed by atoms with van der Waals surface area (Å²) >= 11 is 6.12. The minimum Gasteiger partial charge on any atom is -0.379 e. The van der Waals surface area contributed by atoms with Gasteiger partial charge in [-0.1, -0.05) is 17.7 Å². The number of aryl methyl sites for hydroxylation is 2. The first-order valence-electron chi connectivity index (χ1n) is 8.88. The molecule has 1 aliphatic rings. The number of sulfonamides is 1. The summed E-state index contributed by atoms with van der Waals surface area (Å²) in [6, 6.07) is 4.73. The molecule has 2 heterocycles. The summed E-state index contributed by atoms with van der Waals surface area (Å²) in [5.41, 5.74) is 2.57. The van der Waals surface area contributed by atoms with Crippen molar-refractivity contribution in [1.29, 1.82) is 0 Å². The molecule has 1 saturated heterocycles. The Bertz CT molecular complexity index is 997. The average Bonchev–Trinajstić information content (AvgIpc) is 2.90. The second-order valence-corrected chi connectivity index (χ2v) is 9.00. The van der Waals surface area contributed by atoms with Gasteiger partial charge in [-0.25, -0.2) is 8.42 Å².